The molecule has 0 aliphatic rings. The van der Waals surface area contributed by atoms with Gasteiger partial charge in [-0.15, -0.1) is 11.8 Å². The highest BCUT2D eigenvalue weighted by atomic mass is 35.5. The van der Waals surface area contributed by atoms with Gasteiger partial charge in [0.1, 0.15) is 5.75 Å². The number of carbonyl (C=O) groups excluding carboxylic acids is 1. The summed E-state index contributed by atoms with van der Waals surface area (Å²) in [5, 5.41) is 13.1. The highest BCUT2D eigenvalue weighted by Gasteiger charge is 2.13. The molecule has 3 aromatic carbocycles. The second-order valence-corrected chi connectivity index (χ2v) is 7.36. The average molecular weight is 384 g/mol. The molecular formula is C21H18ClNO2S. The second-order valence-electron chi connectivity index (χ2n) is 5.87. The molecule has 3 nitrogen and oxygen atoms in total. The molecule has 0 bridgehead atoms. The van der Waals surface area contributed by atoms with Crippen LogP contribution in [0.5, 0.6) is 5.75 Å². The maximum Gasteiger partial charge on any atom is 0.256 e. The molecule has 5 heteroatoms. The third-order valence-electron chi connectivity index (χ3n) is 3.88. The molecular weight excluding hydrogens is 366 g/mol. The molecule has 0 atom stereocenters. The van der Waals surface area contributed by atoms with E-state index in [2.05, 4.69) is 36.5 Å². The zero-order valence-corrected chi connectivity index (χ0v) is 15.8. The van der Waals surface area contributed by atoms with Gasteiger partial charge in [0.05, 0.1) is 5.69 Å². The van der Waals surface area contributed by atoms with Crippen LogP contribution in [0.3, 0.4) is 0 Å². The Bertz CT molecular complexity index is 926. The number of benzene rings is 3. The number of rotatable bonds is 5. The summed E-state index contributed by atoms with van der Waals surface area (Å²) in [5.74, 6) is 0.380. The summed E-state index contributed by atoms with van der Waals surface area (Å²) in [7, 11) is 0. The van der Waals surface area contributed by atoms with Crippen molar-refractivity contribution < 1.29 is 9.90 Å². The Morgan fingerprint density at radius 3 is 2.58 bits per heavy atom. The normalized spacial score (nSPS) is 10.5. The summed E-state index contributed by atoms with van der Waals surface area (Å²) in [5.41, 5.74) is 3.02. The van der Waals surface area contributed by atoms with Crippen molar-refractivity contribution in [1.82, 2.24) is 0 Å². The van der Waals surface area contributed by atoms with Crippen molar-refractivity contribution in [2.75, 3.05) is 5.32 Å². The maximum atomic E-state index is 12.7. The van der Waals surface area contributed by atoms with Gasteiger partial charge in [-0.25, -0.2) is 0 Å². The van der Waals surface area contributed by atoms with Crippen molar-refractivity contribution >= 4 is 35.0 Å². The van der Waals surface area contributed by atoms with Crippen LogP contribution in [0.25, 0.3) is 0 Å². The zero-order valence-electron chi connectivity index (χ0n) is 14.2. The monoisotopic (exact) mass is 383 g/mol. The minimum Gasteiger partial charge on any atom is -0.506 e. The van der Waals surface area contributed by atoms with Gasteiger partial charge in [-0.3, -0.25) is 4.79 Å². The smallest absolute Gasteiger partial charge is 0.256 e. The van der Waals surface area contributed by atoms with Crippen LogP contribution in [0.1, 0.15) is 21.5 Å². The standard InChI is InChI=1S/C21H18ClNO2S/c1-14-6-9-17(10-7-14)26-13-15-4-2-3-5-18(15)21(25)23-19-12-16(22)8-11-20(19)24/h2-12,24H,13H2,1H3,(H,23,25). The summed E-state index contributed by atoms with van der Waals surface area (Å²) in [6, 6.07) is 20.3. The van der Waals surface area contributed by atoms with Crippen LogP contribution in [-0.4, -0.2) is 11.0 Å². The van der Waals surface area contributed by atoms with E-state index in [4.69, 9.17) is 11.6 Å². The molecule has 26 heavy (non-hydrogen) atoms. The summed E-state index contributed by atoms with van der Waals surface area (Å²) >= 11 is 7.62. The van der Waals surface area contributed by atoms with E-state index in [0.29, 0.717) is 22.0 Å². The van der Waals surface area contributed by atoms with Crippen LogP contribution in [0.4, 0.5) is 5.69 Å². The number of aromatic hydroxyl groups is 1. The lowest BCUT2D eigenvalue weighted by molar-refractivity contribution is 0.102. The topological polar surface area (TPSA) is 49.3 Å². The Kier molecular flexibility index (Phi) is 5.86. The van der Waals surface area contributed by atoms with E-state index < -0.39 is 0 Å². The summed E-state index contributed by atoms with van der Waals surface area (Å²) in [4.78, 5) is 13.8. The highest BCUT2D eigenvalue weighted by Crippen LogP contribution is 2.28. The van der Waals surface area contributed by atoms with Gasteiger partial charge in [-0.05, 0) is 48.9 Å². The predicted molar refractivity (Wildman–Crippen MR) is 108 cm³/mol. The molecule has 0 spiro atoms. The molecule has 0 saturated carbocycles. The van der Waals surface area contributed by atoms with Crippen molar-refractivity contribution in [3.63, 3.8) is 0 Å². The van der Waals surface area contributed by atoms with Gasteiger partial charge in [-0.1, -0.05) is 47.5 Å². The molecule has 0 fully saturated rings. The van der Waals surface area contributed by atoms with E-state index in [0.717, 1.165) is 10.5 Å². The van der Waals surface area contributed by atoms with Crippen LogP contribution in [0.15, 0.2) is 71.6 Å². The fraction of sp³-hybridized carbons (Fsp3) is 0.0952. The first-order chi connectivity index (χ1) is 12.5. The lowest BCUT2D eigenvalue weighted by Gasteiger charge is -2.11. The van der Waals surface area contributed by atoms with Gasteiger partial charge in [0, 0.05) is 21.2 Å². The van der Waals surface area contributed by atoms with Gasteiger partial charge in [-0.2, -0.15) is 0 Å². The van der Waals surface area contributed by atoms with Crippen LogP contribution in [-0.2, 0) is 5.75 Å². The van der Waals surface area contributed by atoms with E-state index >= 15 is 0 Å². The number of thioether (sulfide) groups is 1. The lowest BCUT2D eigenvalue weighted by atomic mass is 10.1. The average Bonchev–Trinajstić information content (AvgIpc) is 2.64. The van der Waals surface area contributed by atoms with E-state index in [9.17, 15) is 9.90 Å². The van der Waals surface area contributed by atoms with Crippen LogP contribution < -0.4 is 5.32 Å². The van der Waals surface area contributed by atoms with Gasteiger partial charge < -0.3 is 10.4 Å². The maximum absolute atomic E-state index is 12.7. The molecule has 3 aromatic rings. The molecule has 1 amide bonds. The Morgan fingerprint density at radius 1 is 1.08 bits per heavy atom. The molecule has 2 N–H and O–H groups in total. The fourth-order valence-corrected chi connectivity index (χ4v) is 3.54. The lowest BCUT2D eigenvalue weighted by Crippen LogP contribution is -2.14. The Morgan fingerprint density at radius 2 is 1.81 bits per heavy atom. The molecule has 0 aliphatic carbocycles. The number of anilines is 1. The van der Waals surface area contributed by atoms with Crippen molar-refractivity contribution in [3.8, 4) is 5.75 Å². The van der Waals surface area contributed by atoms with Crippen molar-refractivity contribution in [2.24, 2.45) is 0 Å². The fourth-order valence-electron chi connectivity index (χ4n) is 2.46. The number of nitrogens with one attached hydrogen (secondary N) is 1. The number of hydrogen-bond donors (Lipinski definition) is 2. The Balaban J connectivity index is 1.76. The first-order valence-corrected chi connectivity index (χ1v) is 9.46. The van der Waals surface area contributed by atoms with Gasteiger partial charge >= 0.3 is 0 Å². The number of hydrogen-bond acceptors (Lipinski definition) is 3. The largest absolute Gasteiger partial charge is 0.506 e. The number of phenols is 1. The third kappa shape index (κ3) is 4.59. The number of phenolic OH excluding ortho intramolecular Hbond substituents is 1. The molecule has 3 rings (SSSR count). The van der Waals surface area contributed by atoms with E-state index in [1.54, 1.807) is 23.9 Å². The molecule has 0 aromatic heterocycles. The van der Waals surface area contributed by atoms with Gasteiger partial charge in [0.15, 0.2) is 0 Å². The highest BCUT2D eigenvalue weighted by molar-refractivity contribution is 7.98. The number of amides is 1. The Labute approximate surface area is 162 Å². The summed E-state index contributed by atoms with van der Waals surface area (Å²) in [6.07, 6.45) is 0. The second kappa shape index (κ2) is 8.30. The van der Waals surface area contributed by atoms with Gasteiger partial charge in [0.2, 0.25) is 0 Å². The third-order valence-corrected chi connectivity index (χ3v) is 5.18. The van der Waals surface area contributed by atoms with Crippen molar-refractivity contribution in [1.29, 1.82) is 0 Å². The van der Waals surface area contributed by atoms with Crippen LogP contribution >= 0.6 is 23.4 Å². The number of aryl methyl sites for hydroxylation is 1. The molecule has 0 unspecified atom stereocenters. The molecule has 132 valence electrons. The number of halogens is 1. The quantitative estimate of drug-likeness (QED) is 0.426. The minimum atomic E-state index is -0.275. The molecule has 0 saturated heterocycles. The minimum absolute atomic E-state index is 0.0192. The summed E-state index contributed by atoms with van der Waals surface area (Å²) < 4.78 is 0. The van der Waals surface area contributed by atoms with Crippen LogP contribution in [0, 0.1) is 6.92 Å². The molecule has 0 radical (unpaired) electrons. The first-order valence-electron chi connectivity index (χ1n) is 8.10. The summed E-state index contributed by atoms with van der Waals surface area (Å²) in [6.45, 7) is 2.05. The van der Waals surface area contributed by atoms with E-state index in [-0.39, 0.29) is 11.7 Å². The van der Waals surface area contributed by atoms with Gasteiger partial charge in [0.25, 0.3) is 5.91 Å². The van der Waals surface area contributed by atoms with Crippen molar-refractivity contribution in [3.05, 3.63) is 88.4 Å². The Hall–Kier alpha value is -2.43. The SMILES string of the molecule is Cc1ccc(SCc2ccccc2C(=O)Nc2cc(Cl)ccc2O)cc1. The van der Waals surface area contributed by atoms with Crippen molar-refractivity contribution in [2.45, 2.75) is 17.6 Å². The predicted octanol–water partition coefficient (Wildman–Crippen LogP) is 5.90. The van der Waals surface area contributed by atoms with Crippen LogP contribution in [0.2, 0.25) is 5.02 Å². The molecule has 0 heterocycles. The molecule has 0 aliphatic heterocycles. The first kappa shape index (κ1) is 18.4. The zero-order chi connectivity index (χ0) is 18.5. The van der Waals surface area contributed by atoms with E-state index in [1.165, 1.54) is 17.7 Å². The number of carbonyl (C=O) groups is 1. The van der Waals surface area contributed by atoms with E-state index in [1.807, 2.05) is 18.2 Å².